The Balaban J connectivity index is 0. The molecule has 12 heavy (non-hydrogen) atoms. The fraction of sp³-hybridized carbons (Fsp3) is 1.00. The summed E-state index contributed by atoms with van der Waals surface area (Å²) in [7, 11) is -3.70. The van der Waals surface area contributed by atoms with Gasteiger partial charge in [-0.3, -0.25) is 4.55 Å². The molecule has 0 spiro atoms. The fourth-order valence-electron chi connectivity index (χ4n) is 0.534. The van der Waals surface area contributed by atoms with Crippen molar-refractivity contribution >= 4 is 10.1 Å². The SMILES string of the molecule is CCCCCS(=O)(=O)O.[N-]=[N+]=N. The van der Waals surface area contributed by atoms with Crippen LogP contribution in [0, 0.1) is 5.53 Å². The summed E-state index contributed by atoms with van der Waals surface area (Å²) in [4.78, 5) is 1.75. The van der Waals surface area contributed by atoms with E-state index in [1.54, 1.807) is 4.91 Å². The van der Waals surface area contributed by atoms with Gasteiger partial charge in [0.2, 0.25) is 0 Å². The van der Waals surface area contributed by atoms with Crippen molar-refractivity contribution in [3.63, 3.8) is 0 Å². The molecule has 0 aliphatic carbocycles. The average Bonchev–Trinajstić information content (AvgIpc) is 1.87. The standard InChI is InChI=1S/C5H12O3S.HN3/c1-2-3-4-5-9(6,7)8;1-3-2/h2-5H2,1H3,(H,6,7,8);1H. The largest absolute Gasteiger partial charge is 0.286 e. The van der Waals surface area contributed by atoms with Crippen LogP contribution in [0.1, 0.15) is 26.2 Å². The van der Waals surface area contributed by atoms with Gasteiger partial charge in [-0.05, 0) is 16.9 Å². The smallest absolute Gasteiger partial charge is 0.264 e. The Morgan fingerprint density at radius 1 is 1.50 bits per heavy atom. The van der Waals surface area contributed by atoms with Gasteiger partial charge in [-0.15, -0.1) is 5.53 Å². The van der Waals surface area contributed by atoms with E-state index in [1.165, 1.54) is 0 Å². The summed E-state index contributed by atoms with van der Waals surface area (Å²) in [5, 5.41) is 0. The van der Waals surface area contributed by atoms with Crippen molar-refractivity contribution in [3.05, 3.63) is 10.4 Å². The maximum atomic E-state index is 10.1. The molecule has 0 atom stereocenters. The molecule has 0 aromatic heterocycles. The molecule has 2 N–H and O–H groups in total. The van der Waals surface area contributed by atoms with Gasteiger partial charge in [-0.1, -0.05) is 19.8 Å². The lowest BCUT2D eigenvalue weighted by atomic mass is 10.3. The van der Waals surface area contributed by atoms with Crippen LogP contribution >= 0.6 is 0 Å². The lowest BCUT2D eigenvalue weighted by Gasteiger charge is -1.92. The van der Waals surface area contributed by atoms with Crippen molar-refractivity contribution in [2.75, 3.05) is 5.75 Å². The van der Waals surface area contributed by atoms with Crippen molar-refractivity contribution in [1.82, 2.24) is 0 Å². The van der Waals surface area contributed by atoms with Crippen LogP contribution in [0.5, 0.6) is 0 Å². The Hall–Kier alpha value is -0.780. The molecule has 0 rings (SSSR count). The molecular formula is C5H13N3O3S. The van der Waals surface area contributed by atoms with E-state index in [1.807, 2.05) is 6.92 Å². The third-order valence-corrected chi connectivity index (χ3v) is 1.81. The molecule has 0 unspecified atom stereocenters. The number of rotatable bonds is 4. The maximum absolute atomic E-state index is 10.1. The van der Waals surface area contributed by atoms with Crippen LogP contribution in [0.4, 0.5) is 0 Å². The van der Waals surface area contributed by atoms with Gasteiger partial charge < -0.3 is 0 Å². The van der Waals surface area contributed by atoms with Crippen LogP contribution in [0.2, 0.25) is 0 Å². The topological polar surface area (TPSA) is 115 Å². The predicted octanol–water partition coefficient (Wildman–Crippen LogP) is 1.94. The number of nitrogens with one attached hydrogen (secondary N) is 1. The van der Waals surface area contributed by atoms with Crippen molar-refractivity contribution in [3.8, 4) is 0 Å². The van der Waals surface area contributed by atoms with E-state index in [0.29, 0.717) is 6.42 Å². The summed E-state index contributed by atoms with van der Waals surface area (Å²) >= 11 is 0. The first-order valence-corrected chi connectivity index (χ1v) is 5.04. The molecule has 0 aliphatic heterocycles. The lowest BCUT2D eigenvalue weighted by Crippen LogP contribution is -2.02. The zero-order valence-corrected chi connectivity index (χ0v) is 7.71. The molecule has 0 saturated carbocycles. The first-order chi connectivity index (χ1) is 5.47. The Bertz CT molecular complexity index is 218. The molecule has 0 saturated heterocycles. The van der Waals surface area contributed by atoms with Crippen molar-refractivity contribution in [2.24, 2.45) is 0 Å². The van der Waals surface area contributed by atoms with E-state index < -0.39 is 10.1 Å². The molecule has 0 heterocycles. The van der Waals surface area contributed by atoms with Crippen LogP contribution in [0.3, 0.4) is 0 Å². The van der Waals surface area contributed by atoms with Gasteiger partial charge >= 0.3 is 0 Å². The van der Waals surface area contributed by atoms with Crippen molar-refractivity contribution < 1.29 is 13.0 Å². The number of unbranched alkanes of at least 4 members (excludes halogenated alkanes) is 2. The first-order valence-electron chi connectivity index (χ1n) is 3.44. The second-order valence-electron chi connectivity index (χ2n) is 2.09. The molecule has 0 aromatic carbocycles. The molecule has 0 amide bonds. The average molecular weight is 195 g/mol. The van der Waals surface area contributed by atoms with Crippen LogP contribution in [0.15, 0.2) is 0 Å². The Kier molecular flexibility index (Phi) is 9.56. The molecule has 7 heteroatoms. The monoisotopic (exact) mass is 195 g/mol. The minimum absolute atomic E-state index is 0.0964. The summed E-state index contributed by atoms with van der Waals surface area (Å²) in [5.74, 6) is -0.0964. The van der Waals surface area contributed by atoms with Gasteiger partial charge in [0.15, 0.2) is 0 Å². The van der Waals surface area contributed by atoms with Gasteiger partial charge in [0, 0.05) is 0 Å². The molecular weight excluding hydrogens is 182 g/mol. The molecule has 0 radical (unpaired) electrons. The van der Waals surface area contributed by atoms with Gasteiger partial charge in [0.1, 0.15) is 0 Å². The second kappa shape index (κ2) is 8.32. The summed E-state index contributed by atoms with van der Waals surface area (Å²) in [6, 6.07) is 0. The van der Waals surface area contributed by atoms with Crippen molar-refractivity contribution in [2.45, 2.75) is 26.2 Å². The van der Waals surface area contributed by atoms with E-state index in [0.717, 1.165) is 12.8 Å². The highest BCUT2D eigenvalue weighted by atomic mass is 32.2. The summed E-state index contributed by atoms with van der Waals surface area (Å²) in [6.45, 7) is 1.98. The van der Waals surface area contributed by atoms with Crippen LogP contribution in [-0.2, 0) is 10.1 Å². The summed E-state index contributed by atoms with van der Waals surface area (Å²) in [6.07, 6.45) is 2.39. The third-order valence-electron chi connectivity index (χ3n) is 1.01. The molecule has 6 nitrogen and oxygen atoms in total. The fourth-order valence-corrected chi connectivity index (χ4v) is 1.10. The zero-order valence-electron chi connectivity index (χ0n) is 6.89. The van der Waals surface area contributed by atoms with Crippen LogP contribution < -0.4 is 0 Å². The molecule has 72 valence electrons. The number of hydrogen-bond donors (Lipinski definition) is 2. The normalized spacial score (nSPS) is 9.50. The van der Waals surface area contributed by atoms with Crippen molar-refractivity contribution in [1.29, 1.82) is 5.53 Å². The first kappa shape index (κ1) is 13.8. The van der Waals surface area contributed by atoms with E-state index in [4.69, 9.17) is 15.6 Å². The minimum Gasteiger partial charge on any atom is -0.286 e. The summed E-state index contributed by atoms with van der Waals surface area (Å²) < 4.78 is 28.3. The highest BCUT2D eigenvalue weighted by Gasteiger charge is 2.01. The van der Waals surface area contributed by atoms with E-state index in [-0.39, 0.29) is 5.75 Å². The maximum Gasteiger partial charge on any atom is 0.264 e. The third kappa shape index (κ3) is 22.9. The molecule has 0 fully saturated rings. The zero-order chi connectivity index (χ0) is 10.0. The predicted molar refractivity (Wildman–Crippen MR) is 45.4 cm³/mol. The van der Waals surface area contributed by atoms with Crippen LogP contribution in [-0.4, -0.2) is 18.7 Å². The van der Waals surface area contributed by atoms with Gasteiger partial charge in [0.25, 0.3) is 10.1 Å². The highest BCUT2D eigenvalue weighted by molar-refractivity contribution is 7.85. The highest BCUT2D eigenvalue weighted by Crippen LogP contribution is 1.96. The minimum atomic E-state index is -3.70. The van der Waals surface area contributed by atoms with E-state index in [9.17, 15) is 8.42 Å². The number of hydrogen-bond acceptors (Lipinski definition) is 3. The molecule has 0 bridgehead atoms. The van der Waals surface area contributed by atoms with E-state index in [2.05, 4.69) is 0 Å². The lowest BCUT2D eigenvalue weighted by molar-refractivity contribution is 0.480. The Morgan fingerprint density at radius 2 is 1.92 bits per heavy atom. The Morgan fingerprint density at radius 3 is 2.17 bits per heavy atom. The molecule has 0 aromatic rings. The van der Waals surface area contributed by atoms with Gasteiger partial charge in [-0.2, -0.15) is 8.42 Å². The summed E-state index contributed by atoms with van der Waals surface area (Å²) in [5.41, 5.74) is 12.2. The second-order valence-corrected chi connectivity index (χ2v) is 3.67. The Labute approximate surface area is 71.8 Å². The van der Waals surface area contributed by atoms with E-state index >= 15 is 0 Å². The van der Waals surface area contributed by atoms with Crippen LogP contribution in [0.25, 0.3) is 10.4 Å². The quantitative estimate of drug-likeness (QED) is 0.235. The molecule has 0 aliphatic rings. The van der Waals surface area contributed by atoms with Gasteiger partial charge in [-0.25, -0.2) is 0 Å². The number of nitrogens with zero attached hydrogens (tertiary/aromatic N) is 2. The van der Waals surface area contributed by atoms with Gasteiger partial charge in [0.05, 0.1) is 5.75 Å².